The molecule has 1 aliphatic heterocycles. The number of rotatable bonds is 3. The van der Waals surface area contributed by atoms with E-state index in [-0.39, 0.29) is 0 Å². The molecule has 2 nitrogen and oxygen atoms in total. The lowest BCUT2D eigenvalue weighted by molar-refractivity contribution is -0.138. The summed E-state index contributed by atoms with van der Waals surface area (Å²) in [5.74, 6) is -0.483. The van der Waals surface area contributed by atoms with Crippen molar-refractivity contribution < 1.29 is 22.3 Å². The topological polar surface area (TPSA) is 21.3 Å². The second-order valence-corrected chi connectivity index (χ2v) is 5.41. The number of fused-ring (bicyclic) bond motifs is 1. The molecule has 2 aromatic rings. The Hall–Kier alpha value is -2.08. The van der Waals surface area contributed by atoms with E-state index in [1.54, 1.807) is 12.1 Å². The number of hydrogen-bond donors (Lipinski definition) is 1. The zero-order valence-electron chi connectivity index (χ0n) is 12.2. The molecule has 0 amide bonds. The van der Waals surface area contributed by atoms with Crippen LogP contribution in [0, 0.1) is 5.82 Å². The summed E-state index contributed by atoms with van der Waals surface area (Å²) in [5.41, 5.74) is 0.768. The monoisotopic (exact) mass is 325 g/mol. The molecule has 0 unspecified atom stereocenters. The van der Waals surface area contributed by atoms with Crippen LogP contribution >= 0.6 is 0 Å². The molecule has 0 bridgehead atoms. The van der Waals surface area contributed by atoms with Gasteiger partial charge in [-0.25, -0.2) is 4.39 Å². The Morgan fingerprint density at radius 3 is 2.70 bits per heavy atom. The first-order chi connectivity index (χ1) is 10.9. The van der Waals surface area contributed by atoms with E-state index >= 15 is 0 Å². The molecular formula is C17H15F4NO. The van der Waals surface area contributed by atoms with Gasteiger partial charge in [0.25, 0.3) is 0 Å². The maximum atomic E-state index is 13.8. The first-order valence-electron chi connectivity index (χ1n) is 7.25. The van der Waals surface area contributed by atoms with Gasteiger partial charge < -0.3 is 10.1 Å². The van der Waals surface area contributed by atoms with Crippen molar-refractivity contribution in [3.8, 4) is 5.75 Å². The highest BCUT2D eigenvalue weighted by Gasteiger charge is 2.34. The number of hydrogen-bond acceptors (Lipinski definition) is 2. The molecule has 1 heterocycles. The van der Waals surface area contributed by atoms with E-state index in [9.17, 15) is 17.6 Å². The molecule has 23 heavy (non-hydrogen) atoms. The molecule has 0 aliphatic carbocycles. The molecule has 1 aliphatic rings. The molecule has 0 atom stereocenters. The van der Waals surface area contributed by atoms with Crippen molar-refractivity contribution in [3.63, 3.8) is 0 Å². The summed E-state index contributed by atoms with van der Waals surface area (Å²) in [4.78, 5) is 0. The Morgan fingerprint density at radius 1 is 1.09 bits per heavy atom. The largest absolute Gasteiger partial charge is 0.489 e. The fraction of sp³-hybridized carbons (Fsp3) is 0.294. The maximum Gasteiger partial charge on any atom is 0.416 e. The minimum absolute atomic E-state index is 0.434. The van der Waals surface area contributed by atoms with Crippen molar-refractivity contribution >= 4 is 0 Å². The summed E-state index contributed by atoms with van der Waals surface area (Å²) in [6.45, 7) is 1.13. The third-order valence-corrected chi connectivity index (χ3v) is 3.87. The molecule has 0 spiro atoms. The first-order valence-corrected chi connectivity index (χ1v) is 7.25. The lowest BCUT2D eigenvalue weighted by Gasteiger charge is -2.19. The van der Waals surface area contributed by atoms with Crippen molar-refractivity contribution in [3.05, 3.63) is 64.5 Å². The number of halogens is 4. The summed E-state index contributed by atoms with van der Waals surface area (Å²) < 4.78 is 58.0. The smallest absolute Gasteiger partial charge is 0.416 e. The Bertz CT molecular complexity index is 712. The van der Waals surface area contributed by atoms with Crippen LogP contribution < -0.4 is 10.1 Å². The number of benzene rings is 2. The van der Waals surface area contributed by atoms with E-state index in [0.717, 1.165) is 36.7 Å². The van der Waals surface area contributed by atoms with Gasteiger partial charge in [0, 0.05) is 12.1 Å². The highest BCUT2D eigenvalue weighted by molar-refractivity contribution is 5.37. The standard InChI is InChI=1S/C17H15F4NO/c18-16-3-1-2-15(17(19,20)21)14(16)10-23-13-5-4-11-6-7-22-9-12(11)8-13/h1-5,8,22H,6-7,9-10H2. The molecule has 0 fully saturated rings. The molecule has 1 N–H and O–H groups in total. The molecule has 0 aromatic heterocycles. The molecule has 0 saturated carbocycles. The van der Waals surface area contributed by atoms with Gasteiger partial charge in [-0.1, -0.05) is 12.1 Å². The van der Waals surface area contributed by atoms with Gasteiger partial charge in [0.1, 0.15) is 18.2 Å². The number of alkyl halides is 3. The minimum atomic E-state index is -4.61. The van der Waals surface area contributed by atoms with Gasteiger partial charge in [-0.05, 0) is 48.4 Å². The molecule has 2 aromatic carbocycles. The lowest BCUT2D eigenvalue weighted by Crippen LogP contribution is -2.23. The van der Waals surface area contributed by atoms with Gasteiger partial charge in [0.15, 0.2) is 0 Å². The average molecular weight is 325 g/mol. The minimum Gasteiger partial charge on any atom is -0.489 e. The van der Waals surface area contributed by atoms with Crippen LogP contribution in [0.2, 0.25) is 0 Å². The van der Waals surface area contributed by atoms with Gasteiger partial charge >= 0.3 is 6.18 Å². The van der Waals surface area contributed by atoms with Gasteiger partial charge in [0.2, 0.25) is 0 Å². The van der Waals surface area contributed by atoms with E-state index in [0.29, 0.717) is 12.3 Å². The number of nitrogens with one attached hydrogen (secondary N) is 1. The van der Waals surface area contributed by atoms with Crippen molar-refractivity contribution in [1.82, 2.24) is 5.32 Å². The van der Waals surface area contributed by atoms with E-state index in [1.165, 1.54) is 5.56 Å². The van der Waals surface area contributed by atoms with Crippen LogP contribution in [0.25, 0.3) is 0 Å². The van der Waals surface area contributed by atoms with Crippen molar-refractivity contribution in [2.75, 3.05) is 6.54 Å². The fourth-order valence-electron chi connectivity index (χ4n) is 2.67. The molecular weight excluding hydrogens is 310 g/mol. The van der Waals surface area contributed by atoms with E-state index < -0.39 is 29.7 Å². The molecule has 122 valence electrons. The molecule has 3 rings (SSSR count). The zero-order chi connectivity index (χ0) is 16.4. The zero-order valence-corrected chi connectivity index (χ0v) is 12.2. The Kier molecular flexibility index (Phi) is 4.26. The van der Waals surface area contributed by atoms with Crippen molar-refractivity contribution in [2.45, 2.75) is 25.7 Å². The summed E-state index contributed by atoms with van der Waals surface area (Å²) in [5, 5.41) is 3.22. The quantitative estimate of drug-likeness (QED) is 0.859. The van der Waals surface area contributed by atoms with Crippen LogP contribution in [0.1, 0.15) is 22.3 Å². The molecule has 0 radical (unpaired) electrons. The summed E-state index contributed by atoms with van der Waals surface area (Å²) in [6, 6.07) is 8.31. The number of ether oxygens (including phenoxy) is 1. The van der Waals surface area contributed by atoms with E-state index in [4.69, 9.17) is 4.74 Å². The normalized spacial score (nSPS) is 14.4. The van der Waals surface area contributed by atoms with Crippen LogP contribution in [-0.4, -0.2) is 6.54 Å². The predicted molar refractivity (Wildman–Crippen MR) is 77.6 cm³/mol. The van der Waals surface area contributed by atoms with Gasteiger partial charge in [-0.2, -0.15) is 13.2 Å². The lowest BCUT2D eigenvalue weighted by atomic mass is 10.0. The Labute approximate surface area is 131 Å². The predicted octanol–water partition coefficient (Wildman–Crippen LogP) is 4.07. The van der Waals surface area contributed by atoms with E-state index in [1.807, 2.05) is 6.07 Å². The van der Waals surface area contributed by atoms with Crippen LogP contribution in [0.3, 0.4) is 0 Å². The molecule has 0 saturated heterocycles. The third kappa shape index (κ3) is 3.47. The van der Waals surface area contributed by atoms with Gasteiger partial charge in [-0.3, -0.25) is 0 Å². The third-order valence-electron chi connectivity index (χ3n) is 3.87. The first kappa shape index (κ1) is 15.8. The highest BCUT2D eigenvalue weighted by atomic mass is 19.4. The van der Waals surface area contributed by atoms with Gasteiger partial charge in [-0.15, -0.1) is 0 Å². The average Bonchev–Trinajstić information content (AvgIpc) is 2.52. The Morgan fingerprint density at radius 2 is 1.91 bits per heavy atom. The van der Waals surface area contributed by atoms with Crippen molar-refractivity contribution in [1.29, 1.82) is 0 Å². The van der Waals surface area contributed by atoms with Crippen LogP contribution in [-0.2, 0) is 25.7 Å². The second-order valence-electron chi connectivity index (χ2n) is 5.41. The Balaban J connectivity index is 1.81. The summed E-state index contributed by atoms with van der Waals surface area (Å²) in [6.07, 6.45) is -3.71. The highest BCUT2D eigenvalue weighted by Crippen LogP contribution is 2.33. The summed E-state index contributed by atoms with van der Waals surface area (Å²) >= 11 is 0. The second kappa shape index (κ2) is 6.20. The van der Waals surface area contributed by atoms with Crippen LogP contribution in [0.5, 0.6) is 5.75 Å². The summed E-state index contributed by atoms with van der Waals surface area (Å²) in [7, 11) is 0. The van der Waals surface area contributed by atoms with Crippen LogP contribution in [0.15, 0.2) is 36.4 Å². The fourth-order valence-corrected chi connectivity index (χ4v) is 2.67. The van der Waals surface area contributed by atoms with Gasteiger partial charge in [0.05, 0.1) is 5.56 Å². The van der Waals surface area contributed by atoms with Crippen molar-refractivity contribution in [2.24, 2.45) is 0 Å². The van der Waals surface area contributed by atoms with E-state index in [2.05, 4.69) is 5.32 Å². The maximum absolute atomic E-state index is 13.8. The molecule has 6 heteroatoms. The SMILES string of the molecule is Fc1cccc(C(F)(F)F)c1COc1ccc2c(c1)CNCC2. The van der Waals surface area contributed by atoms with Crippen LogP contribution in [0.4, 0.5) is 17.6 Å².